The largest absolute Gasteiger partial charge is 0.314 e. The SMILES string of the molecule is O=C(C(C(=O)c1ccccc1)=c1ccc2c(c1)N1C(c3ccccc3)=C[C@H](c3ccccc3)[C@@H]3CCCC[C@@]31N=2)c1ccccc1. The summed E-state index contributed by atoms with van der Waals surface area (Å²) in [6.07, 6.45) is 6.72. The first-order valence-corrected chi connectivity index (χ1v) is 16.2. The summed E-state index contributed by atoms with van der Waals surface area (Å²) in [5.41, 5.74) is 5.21. The number of hydrogen-bond acceptors (Lipinski definition) is 4. The zero-order chi connectivity index (χ0) is 31.1. The first kappa shape index (κ1) is 28.1. The zero-order valence-electron chi connectivity index (χ0n) is 25.6. The van der Waals surface area contributed by atoms with Crippen LogP contribution in [0.25, 0.3) is 11.3 Å². The lowest BCUT2D eigenvalue weighted by molar-refractivity contribution is 0.0997. The second kappa shape index (κ2) is 11.5. The van der Waals surface area contributed by atoms with E-state index in [0.29, 0.717) is 16.3 Å². The van der Waals surface area contributed by atoms with Gasteiger partial charge in [0.15, 0.2) is 11.6 Å². The molecule has 1 saturated carbocycles. The highest BCUT2D eigenvalue weighted by Crippen LogP contribution is 2.55. The summed E-state index contributed by atoms with van der Waals surface area (Å²) in [5.74, 6) is -0.0633. The molecule has 1 spiro atoms. The normalized spacial score (nSPS) is 21.2. The minimum absolute atomic E-state index is 0.172. The monoisotopic (exact) mass is 598 g/mol. The standard InChI is InChI=1S/C42H34N2O2/c45-40(31-19-9-3-10-20-31)39(41(46)32-21-11-4-12-22-32)33-24-25-36-38(27-33)44-37(30-17-7-2-8-18-30)28-34(29-15-5-1-6-16-29)35-23-13-14-26-42(35,44)43-36/h1-12,15-22,24-25,27-28,34-35H,13-14,23,26H2/t34-,35+,42+/m1/s1. The Morgan fingerprint density at radius 1 is 0.674 bits per heavy atom. The highest BCUT2D eigenvalue weighted by Gasteiger charge is 2.55. The minimum atomic E-state index is -0.452. The molecule has 4 nitrogen and oxygen atoms in total. The number of rotatable bonds is 6. The van der Waals surface area contributed by atoms with Crippen LogP contribution in [-0.4, -0.2) is 17.2 Å². The Morgan fingerprint density at radius 2 is 1.26 bits per heavy atom. The number of hydrogen-bond donors (Lipinski definition) is 0. The Bertz CT molecular complexity index is 2040. The van der Waals surface area contributed by atoms with Crippen LogP contribution >= 0.6 is 0 Å². The van der Waals surface area contributed by atoms with E-state index in [1.165, 1.54) is 12.0 Å². The third-order valence-electron chi connectivity index (χ3n) is 9.90. The highest BCUT2D eigenvalue weighted by atomic mass is 16.1. The Labute approximate surface area is 269 Å². The molecule has 1 aliphatic carbocycles. The van der Waals surface area contributed by atoms with Crippen LogP contribution in [0, 0.1) is 5.92 Å². The van der Waals surface area contributed by atoms with Gasteiger partial charge in [-0.1, -0.05) is 140 Å². The summed E-state index contributed by atoms with van der Waals surface area (Å²) >= 11 is 0. The molecule has 2 aliphatic heterocycles. The van der Waals surface area contributed by atoms with Crippen molar-refractivity contribution in [2.45, 2.75) is 37.3 Å². The number of fused-ring (bicyclic) bond motifs is 2. The summed E-state index contributed by atoms with van der Waals surface area (Å²) in [5, 5.41) is 1.52. The summed E-state index contributed by atoms with van der Waals surface area (Å²) in [7, 11) is 0. The summed E-state index contributed by atoms with van der Waals surface area (Å²) in [6, 6.07) is 45.5. The fraction of sp³-hybridized carbons (Fsp3) is 0.167. The third kappa shape index (κ3) is 4.64. The van der Waals surface area contributed by atoms with Crippen LogP contribution in [0.2, 0.25) is 0 Å². The van der Waals surface area contributed by atoms with Crippen molar-refractivity contribution in [3.05, 3.63) is 178 Å². The number of carbonyl (C=O) groups excluding carboxylic acids is 2. The molecule has 0 amide bonds. The van der Waals surface area contributed by atoms with E-state index >= 15 is 0 Å². The number of ketones is 2. The average Bonchev–Trinajstić information content (AvgIpc) is 3.45. The third-order valence-corrected chi connectivity index (χ3v) is 9.90. The molecular formula is C42H34N2O2. The van der Waals surface area contributed by atoms with E-state index in [1.54, 1.807) is 24.3 Å². The Balaban J connectivity index is 1.37. The van der Waals surface area contributed by atoms with E-state index in [2.05, 4.69) is 65.6 Å². The van der Waals surface area contributed by atoms with Crippen LogP contribution in [-0.2, 0) is 0 Å². The van der Waals surface area contributed by atoms with Crippen molar-refractivity contribution < 1.29 is 9.59 Å². The number of anilines is 1. The lowest BCUT2D eigenvalue weighted by Crippen LogP contribution is -2.55. The second-order valence-electron chi connectivity index (χ2n) is 12.5. The van der Waals surface area contributed by atoms with Gasteiger partial charge in [-0.3, -0.25) is 14.6 Å². The lowest BCUT2D eigenvalue weighted by Gasteiger charge is -2.53. The molecule has 1 fully saturated rings. The molecule has 3 aliphatic rings. The molecule has 224 valence electrons. The van der Waals surface area contributed by atoms with Crippen molar-refractivity contribution >= 4 is 28.5 Å². The van der Waals surface area contributed by atoms with E-state index in [9.17, 15) is 9.59 Å². The van der Waals surface area contributed by atoms with E-state index in [4.69, 9.17) is 4.99 Å². The number of benzene rings is 5. The van der Waals surface area contributed by atoms with Crippen molar-refractivity contribution in [1.29, 1.82) is 0 Å². The molecule has 46 heavy (non-hydrogen) atoms. The maximum atomic E-state index is 14.1. The Morgan fingerprint density at radius 3 is 1.89 bits per heavy atom. The van der Waals surface area contributed by atoms with Crippen LogP contribution in [0.15, 0.2) is 151 Å². The van der Waals surface area contributed by atoms with Crippen LogP contribution < -0.4 is 15.5 Å². The zero-order valence-corrected chi connectivity index (χ0v) is 25.6. The molecule has 5 aromatic rings. The van der Waals surface area contributed by atoms with Gasteiger partial charge in [0.05, 0.1) is 16.6 Å². The molecule has 8 rings (SSSR count). The first-order chi connectivity index (χ1) is 22.6. The maximum Gasteiger partial charge on any atom is 0.197 e. The van der Waals surface area contributed by atoms with Crippen molar-refractivity contribution in [1.82, 2.24) is 0 Å². The van der Waals surface area contributed by atoms with Gasteiger partial charge in [0.25, 0.3) is 0 Å². The van der Waals surface area contributed by atoms with Crippen molar-refractivity contribution in [3.8, 4) is 0 Å². The quantitative estimate of drug-likeness (QED) is 0.148. The topological polar surface area (TPSA) is 49.7 Å². The Kier molecular flexibility index (Phi) is 7.06. The molecule has 2 heterocycles. The van der Waals surface area contributed by atoms with Gasteiger partial charge in [-0.05, 0) is 47.7 Å². The molecule has 5 aromatic carbocycles. The van der Waals surface area contributed by atoms with Crippen molar-refractivity contribution in [3.63, 3.8) is 0 Å². The van der Waals surface area contributed by atoms with Gasteiger partial charge in [-0.15, -0.1) is 0 Å². The number of allylic oxidation sites excluding steroid dienone is 1. The van der Waals surface area contributed by atoms with Gasteiger partial charge in [0.1, 0.15) is 5.66 Å². The molecule has 0 saturated heterocycles. The number of Topliss-reactive ketones (excluding diaryl/α,β-unsaturated/α-hetero) is 2. The molecule has 0 bridgehead atoms. The smallest absolute Gasteiger partial charge is 0.197 e. The molecule has 4 heteroatoms. The number of nitrogens with zero attached hydrogens (tertiary/aromatic N) is 2. The molecule has 0 unspecified atom stereocenters. The van der Waals surface area contributed by atoms with Crippen LogP contribution in [0.1, 0.15) is 63.4 Å². The number of carbonyl (C=O) groups is 2. The molecule has 0 aromatic heterocycles. The van der Waals surface area contributed by atoms with Gasteiger partial charge in [-0.25, -0.2) is 0 Å². The fourth-order valence-electron chi connectivity index (χ4n) is 7.84. The van der Waals surface area contributed by atoms with Gasteiger partial charge < -0.3 is 4.90 Å². The van der Waals surface area contributed by atoms with Crippen molar-refractivity contribution in [2.24, 2.45) is 10.9 Å². The van der Waals surface area contributed by atoms with Crippen molar-refractivity contribution in [2.75, 3.05) is 4.90 Å². The van der Waals surface area contributed by atoms with Gasteiger partial charge in [0.2, 0.25) is 0 Å². The molecule has 0 radical (unpaired) electrons. The predicted molar refractivity (Wildman–Crippen MR) is 183 cm³/mol. The molecule has 0 N–H and O–H groups in total. The lowest BCUT2D eigenvalue weighted by atomic mass is 9.66. The molecule has 3 atom stereocenters. The maximum absolute atomic E-state index is 14.1. The van der Waals surface area contributed by atoms with E-state index in [0.717, 1.165) is 41.6 Å². The Hall–Kier alpha value is -5.35. The summed E-state index contributed by atoms with van der Waals surface area (Å²) in [6.45, 7) is 0. The summed E-state index contributed by atoms with van der Waals surface area (Å²) < 4.78 is 0. The first-order valence-electron chi connectivity index (χ1n) is 16.2. The average molecular weight is 599 g/mol. The summed E-state index contributed by atoms with van der Waals surface area (Å²) in [4.78, 5) is 36.3. The van der Waals surface area contributed by atoms with Crippen LogP contribution in [0.3, 0.4) is 0 Å². The van der Waals surface area contributed by atoms with Crippen LogP contribution in [0.4, 0.5) is 5.69 Å². The minimum Gasteiger partial charge on any atom is -0.314 e. The van der Waals surface area contributed by atoms with Crippen LogP contribution in [0.5, 0.6) is 0 Å². The van der Waals surface area contributed by atoms with E-state index < -0.39 is 5.66 Å². The van der Waals surface area contributed by atoms with Gasteiger partial charge >= 0.3 is 0 Å². The predicted octanol–water partition coefficient (Wildman–Crippen LogP) is 7.77. The van der Waals surface area contributed by atoms with E-state index in [-0.39, 0.29) is 29.0 Å². The highest BCUT2D eigenvalue weighted by molar-refractivity contribution is 6.49. The second-order valence-corrected chi connectivity index (χ2v) is 12.5. The fourth-order valence-corrected chi connectivity index (χ4v) is 7.84. The van der Waals surface area contributed by atoms with Gasteiger partial charge in [0, 0.05) is 28.7 Å². The van der Waals surface area contributed by atoms with E-state index in [1.807, 2.05) is 60.7 Å². The van der Waals surface area contributed by atoms with Gasteiger partial charge in [-0.2, -0.15) is 0 Å². The molecular weight excluding hydrogens is 564 g/mol.